The molecule has 0 aliphatic carbocycles. The molecule has 4 nitrogen and oxygen atoms in total. The van der Waals surface area contributed by atoms with Crippen molar-refractivity contribution in [2.45, 2.75) is 5.33 Å². The number of furan rings is 1. The van der Waals surface area contributed by atoms with Gasteiger partial charge in [-0.25, -0.2) is 4.79 Å². The van der Waals surface area contributed by atoms with Gasteiger partial charge in [0.2, 0.25) is 5.76 Å². The predicted octanol–water partition coefficient (Wildman–Crippen LogP) is 3.03. The van der Waals surface area contributed by atoms with Gasteiger partial charge in [-0.15, -0.1) is 0 Å². The van der Waals surface area contributed by atoms with E-state index in [0.717, 1.165) is 5.39 Å². The first kappa shape index (κ1) is 11.0. The molecule has 1 aromatic heterocycles. The average molecular weight is 285 g/mol. The molecule has 5 heteroatoms. The molecule has 0 bridgehead atoms. The van der Waals surface area contributed by atoms with Crippen molar-refractivity contribution in [1.29, 1.82) is 0 Å². The lowest BCUT2D eigenvalue weighted by atomic mass is 10.1. The maximum Gasteiger partial charge on any atom is 0.372 e. The first-order chi connectivity index (χ1) is 7.67. The van der Waals surface area contributed by atoms with Crippen molar-refractivity contribution in [3.8, 4) is 5.75 Å². The number of carbonyl (C=O) groups is 1. The second-order valence-corrected chi connectivity index (χ2v) is 3.77. The van der Waals surface area contributed by atoms with Crippen LogP contribution in [0.3, 0.4) is 0 Å². The maximum absolute atomic E-state index is 11.0. The average Bonchev–Trinajstić information content (AvgIpc) is 2.66. The van der Waals surface area contributed by atoms with Crippen LogP contribution >= 0.6 is 15.9 Å². The van der Waals surface area contributed by atoms with Crippen molar-refractivity contribution >= 4 is 32.9 Å². The van der Waals surface area contributed by atoms with Gasteiger partial charge in [-0.1, -0.05) is 15.9 Å². The lowest BCUT2D eigenvalue weighted by Gasteiger charge is -1.97. The Morgan fingerprint density at radius 1 is 1.56 bits per heavy atom. The molecule has 1 N–H and O–H groups in total. The van der Waals surface area contributed by atoms with Crippen LogP contribution in [0.15, 0.2) is 22.6 Å². The molecule has 2 rings (SSSR count). The fourth-order valence-corrected chi connectivity index (χ4v) is 2.12. The van der Waals surface area contributed by atoms with Crippen LogP contribution in [0.25, 0.3) is 11.0 Å². The third-order valence-corrected chi connectivity index (χ3v) is 2.89. The summed E-state index contributed by atoms with van der Waals surface area (Å²) in [5, 5.41) is 10.2. The third-order valence-electron chi connectivity index (χ3n) is 2.33. The van der Waals surface area contributed by atoms with E-state index in [1.807, 2.05) is 0 Å². The summed E-state index contributed by atoms with van der Waals surface area (Å²) in [7, 11) is 1.55. The molecule has 0 saturated heterocycles. The number of aromatic carboxylic acids is 1. The van der Waals surface area contributed by atoms with Crippen molar-refractivity contribution in [1.82, 2.24) is 0 Å². The highest BCUT2D eigenvalue weighted by molar-refractivity contribution is 9.08. The number of alkyl halides is 1. The fourth-order valence-electron chi connectivity index (χ4n) is 1.56. The number of carboxylic acids is 1. The van der Waals surface area contributed by atoms with Gasteiger partial charge in [0.15, 0.2) is 0 Å². The lowest BCUT2D eigenvalue weighted by molar-refractivity contribution is 0.0664. The van der Waals surface area contributed by atoms with Crippen molar-refractivity contribution < 1.29 is 19.1 Å². The number of hydrogen-bond donors (Lipinski definition) is 1. The van der Waals surface area contributed by atoms with Crippen LogP contribution in [-0.4, -0.2) is 18.2 Å². The van der Waals surface area contributed by atoms with Crippen LogP contribution in [0.1, 0.15) is 16.1 Å². The Bertz CT molecular complexity index is 544. The molecule has 0 spiro atoms. The number of ether oxygens (including phenoxy) is 1. The summed E-state index contributed by atoms with van der Waals surface area (Å²) in [5.74, 6) is -0.455. The summed E-state index contributed by atoms with van der Waals surface area (Å²) in [6, 6.07) is 5.24. The summed E-state index contributed by atoms with van der Waals surface area (Å²) in [5.41, 5.74) is 1.16. The van der Waals surface area contributed by atoms with Crippen molar-refractivity contribution in [2.75, 3.05) is 7.11 Å². The molecule has 0 amide bonds. The minimum absolute atomic E-state index is 0.0277. The minimum Gasteiger partial charge on any atom is -0.497 e. The molecule has 2 aromatic rings. The van der Waals surface area contributed by atoms with Gasteiger partial charge in [-0.3, -0.25) is 0 Å². The Kier molecular flexibility index (Phi) is 2.87. The van der Waals surface area contributed by atoms with Crippen molar-refractivity contribution in [2.24, 2.45) is 0 Å². The van der Waals surface area contributed by atoms with Crippen LogP contribution < -0.4 is 4.74 Å². The molecular formula is C11H9BrO4. The summed E-state index contributed by atoms with van der Waals surface area (Å²) in [6.45, 7) is 0. The van der Waals surface area contributed by atoms with Gasteiger partial charge in [0.1, 0.15) is 11.3 Å². The second kappa shape index (κ2) is 4.17. The standard InChI is InChI=1S/C11H9BrO4/c1-15-6-2-3-7-8(5-12)10(11(13)14)16-9(7)4-6/h2-4H,5H2,1H3,(H,13,14). The number of hydrogen-bond acceptors (Lipinski definition) is 3. The Morgan fingerprint density at radius 2 is 2.31 bits per heavy atom. The van der Waals surface area contributed by atoms with E-state index in [9.17, 15) is 4.79 Å². The Morgan fingerprint density at radius 3 is 2.88 bits per heavy atom. The molecule has 84 valence electrons. The number of fused-ring (bicyclic) bond motifs is 1. The van der Waals surface area contributed by atoms with Crippen LogP contribution in [-0.2, 0) is 5.33 Å². The quantitative estimate of drug-likeness (QED) is 0.880. The molecule has 0 unspecified atom stereocenters. The number of methoxy groups -OCH3 is 1. The fraction of sp³-hybridized carbons (Fsp3) is 0.182. The number of halogens is 1. The molecule has 0 aliphatic heterocycles. The minimum atomic E-state index is -1.07. The maximum atomic E-state index is 11.0. The highest BCUT2D eigenvalue weighted by atomic mass is 79.9. The summed E-state index contributed by atoms with van der Waals surface area (Å²) >= 11 is 3.26. The van der Waals surface area contributed by atoms with Crippen molar-refractivity contribution in [3.05, 3.63) is 29.5 Å². The highest BCUT2D eigenvalue weighted by Gasteiger charge is 2.19. The SMILES string of the molecule is COc1ccc2c(CBr)c(C(=O)O)oc2c1. The Balaban J connectivity index is 2.71. The van der Waals surface area contributed by atoms with Gasteiger partial charge in [-0.2, -0.15) is 0 Å². The van der Waals surface area contributed by atoms with E-state index in [1.54, 1.807) is 25.3 Å². The van der Waals surface area contributed by atoms with Crippen molar-refractivity contribution in [3.63, 3.8) is 0 Å². The molecule has 16 heavy (non-hydrogen) atoms. The summed E-state index contributed by atoms with van der Waals surface area (Å²) in [4.78, 5) is 11.0. The van der Waals surface area contributed by atoms with Crippen LogP contribution in [0.2, 0.25) is 0 Å². The lowest BCUT2D eigenvalue weighted by Crippen LogP contribution is -1.96. The van der Waals surface area contributed by atoms with Gasteiger partial charge in [-0.05, 0) is 12.1 Å². The predicted molar refractivity (Wildman–Crippen MR) is 62.4 cm³/mol. The molecule has 1 heterocycles. The normalized spacial score (nSPS) is 10.6. The largest absolute Gasteiger partial charge is 0.497 e. The molecule has 0 aliphatic rings. The van der Waals surface area contributed by atoms with E-state index >= 15 is 0 Å². The second-order valence-electron chi connectivity index (χ2n) is 3.21. The van der Waals surface area contributed by atoms with Crippen LogP contribution in [0.4, 0.5) is 0 Å². The molecule has 1 aromatic carbocycles. The molecule has 0 saturated carbocycles. The Labute approximate surface area is 99.9 Å². The summed E-state index contributed by atoms with van der Waals surface area (Å²) in [6.07, 6.45) is 0. The van der Waals surface area contributed by atoms with E-state index in [0.29, 0.717) is 22.2 Å². The highest BCUT2D eigenvalue weighted by Crippen LogP contribution is 2.30. The van der Waals surface area contributed by atoms with E-state index in [-0.39, 0.29) is 5.76 Å². The van der Waals surface area contributed by atoms with Gasteiger partial charge >= 0.3 is 5.97 Å². The zero-order valence-corrected chi connectivity index (χ0v) is 10.1. The zero-order valence-electron chi connectivity index (χ0n) is 8.49. The van der Waals surface area contributed by atoms with Gasteiger partial charge in [0, 0.05) is 22.3 Å². The van der Waals surface area contributed by atoms with Gasteiger partial charge in [0.05, 0.1) is 7.11 Å². The van der Waals surface area contributed by atoms with Gasteiger partial charge < -0.3 is 14.3 Å². The first-order valence-electron chi connectivity index (χ1n) is 4.56. The number of carboxylic acid groups (broad SMARTS) is 1. The number of rotatable bonds is 3. The van der Waals surface area contributed by atoms with Crippen LogP contribution in [0.5, 0.6) is 5.75 Å². The third kappa shape index (κ3) is 1.67. The van der Waals surface area contributed by atoms with E-state index in [1.165, 1.54) is 0 Å². The first-order valence-corrected chi connectivity index (χ1v) is 5.68. The van der Waals surface area contributed by atoms with E-state index in [2.05, 4.69) is 15.9 Å². The van der Waals surface area contributed by atoms with E-state index < -0.39 is 5.97 Å². The summed E-state index contributed by atoms with van der Waals surface area (Å²) < 4.78 is 10.3. The Hall–Kier alpha value is -1.49. The molecule has 0 atom stereocenters. The molecule has 0 fully saturated rings. The van der Waals surface area contributed by atoms with Gasteiger partial charge in [0.25, 0.3) is 0 Å². The molecule has 0 radical (unpaired) electrons. The van der Waals surface area contributed by atoms with E-state index in [4.69, 9.17) is 14.3 Å². The number of benzene rings is 1. The molecular weight excluding hydrogens is 276 g/mol. The van der Waals surface area contributed by atoms with Crippen LogP contribution in [0, 0.1) is 0 Å². The smallest absolute Gasteiger partial charge is 0.372 e. The zero-order chi connectivity index (χ0) is 11.7. The monoisotopic (exact) mass is 284 g/mol. The topological polar surface area (TPSA) is 59.7 Å².